The predicted molar refractivity (Wildman–Crippen MR) is 145 cm³/mol. The van der Waals surface area contributed by atoms with Gasteiger partial charge in [-0.3, -0.25) is 14.4 Å². The molecule has 3 fully saturated rings. The molecule has 0 aromatic heterocycles. The fraction of sp³-hybridized carbons (Fsp3) is 0.690. The standard InChI is InChI=1S/C29H43N3O6/c1-5-31(6-2)21-14-12-20(13-15-21)30-25(34)24-29-17-16-28(4,38-29)23(27(36)37-7-3)22(29)26(35)32(24)18-10-8-9-11-19-33/h12-15,22-24,33H,5-11,16-19H2,1-4H3,(H,30,34)/t22-,23+,24?,28-,29?/m0/s1. The molecule has 0 aliphatic carbocycles. The van der Waals surface area contributed by atoms with Crippen LogP contribution in [0.15, 0.2) is 24.3 Å². The number of anilines is 2. The summed E-state index contributed by atoms with van der Waals surface area (Å²) in [5.74, 6) is -2.39. The van der Waals surface area contributed by atoms with Gasteiger partial charge in [-0.1, -0.05) is 12.8 Å². The zero-order valence-corrected chi connectivity index (χ0v) is 23.2. The molecule has 3 aliphatic heterocycles. The number of hydrogen-bond donors (Lipinski definition) is 2. The Labute approximate surface area is 225 Å². The summed E-state index contributed by atoms with van der Waals surface area (Å²) in [4.78, 5) is 44.8. The third kappa shape index (κ3) is 4.91. The van der Waals surface area contributed by atoms with Gasteiger partial charge in [-0.15, -0.1) is 0 Å². The second-order valence-electron chi connectivity index (χ2n) is 10.9. The number of carbonyl (C=O) groups excluding carboxylic acids is 3. The summed E-state index contributed by atoms with van der Waals surface area (Å²) >= 11 is 0. The second-order valence-corrected chi connectivity index (χ2v) is 10.9. The van der Waals surface area contributed by atoms with E-state index in [1.807, 2.05) is 31.2 Å². The van der Waals surface area contributed by atoms with E-state index in [4.69, 9.17) is 14.6 Å². The molecule has 2 amide bonds. The molecule has 1 aromatic carbocycles. The molecule has 2 N–H and O–H groups in total. The number of benzene rings is 1. The third-order valence-electron chi connectivity index (χ3n) is 8.64. The molecule has 9 nitrogen and oxygen atoms in total. The van der Waals surface area contributed by atoms with Gasteiger partial charge in [0.1, 0.15) is 17.6 Å². The fourth-order valence-corrected chi connectivity index (χ4v) is 6.86. The lowest BCUT2D eigenvalue weighted by molar-refractivity contribution is -0.158. The molecular weight excluding hydrogens is 486 g/mol. The highest BCUT2D eigenvalue weighted by atomic mass is 16.6. The van der Waals surface area contributed by atoms with Crippen molar-refractivity contribution in [3.8, 4) is 0 Å². The number of hydrogen-bond acceptors (Lipinski definition) is 7. The largest absolute Gasteiger partial charge is 0.466 e. The van der Waals surface area contributed by atoms with E-state index in [0.29, 0.717) is 37.9 Å². The molecule has 2 unspecified atom stereocenters. The Hall–Kier alpha value is -2.65. The first-order chi connectivity index (χ1) is 18.3. The van der Waals surface area contributed by atoms with E-state index in [2.05, 4.69) is 24.1 Å². The summed E-state index contributed by atoms with van der Waals surface area (Å²) in [5.41, 5.74) is -0.152. The van der Waals surface area contributed by atoms with E-state index < -0.39 is 35.0 Å². The third-order valence-corrected chi connectivity index (χ3v) is 8.64. The number of unbranched alkanes of at least 4 members (excludes halogenated alkanes) is 3. The number of aliphatic hydroxyl groups is 1. The first-order valence-electron chi connectivity index (χ1n) is 14.2. The van der Waals surface area contributed by atoms with Crippen molar-refractivity contribution < 1.29 is 29.0 Å². The van der Waals surface area contributed by atoms with Crippen molar-refractivity contribution >= 4 is 29.2 Å². The van der Waals surface area contributed by atoms with E-state index in [1.54, 1.807) is 11.8 Å². The average Bonchev–Trinajstić information content (AvgIpc) is 3.46. The Morgan fingerprint density at radius 2 is 1.79 bits per heavy atom. The fourth-order valence-electron chi connectivity index (χ4n) is 6.86. The van der Waals surface area contributed by atoms with Crippen LogP contribution >= 0.6 is 0 Å². The van der Waals surface area contributed by atoms with Gasteiger partial charge >= 0.3 is 5.97 Å². The van der Waals surface area contributed by atoms with Crippen LogP contribution < -0.4 is 10.2 Å². The van der Waals surface area contributed by atoms with Crippen LogP contribution in [0.2, 0.25) is 0 Å². The summed E-state index contributed by atoms with van der Waals surface area (Å²) in [6, 6.07) is 6.90. The van der Waals surface area contributed by atoms with Crippen molar-refractivity contribution in [3.63, 3.8) is 0 Å². The lowest BCUT2D eigenvalue weighted by Gasteiger charge is -2.33. The quantitative estimate of drug-likeness (QED) is 0.298. The minimum atomic E-state index is -1.06. The Balaban J connectivity index is 1.61. The Morgan fingerprint density at radius 1 is 1.11 bits per heavy atom. The van der Waals surface area contributed by atoms with Gasteiger partial charge in [-0.25, -0.2) is 0 Å². The highest BCUT2D eigenvalue weighted by Gasteiger charge is 2.78. The summed E-state index contributed by atoms with van der Waals surface area (Å²) < 4.78 is 12.0. The molecule has 0 saturated carbocycles. The van der Waals surface area contributed by atoms with Crippen LogP contribution in [0.5, 0.6) is 0 Å². The summed E-state index contributed by atoms with van der Waals surface area (Å²) in [6.45, 7) is 10.4. The maximum Gasteiger partial charge on any atom is 0.312 e. The number of likely N-dealkylation sites (tertiary alicyclic amines) is 1. The number of esters is 1. The van der Waals surface area contributed by atoms with Gasteiger partial charge in [0.2, 0.25) is 11.8 Å². The van der Waals surface area contributed by atoms with Crippen molar-refractivity contribution in [1.82, 2.24) is 4.90 Å². The first kappa shape index (κ1) is 28.4. The number of carbonyl (C=O) groups is 3. The molecule has 3 aliphatic rings. The smallest absolute Gasteiger partial charge is 0.312 e. The number of rotatable bonds is 13. The van der Waals surface area contributed by atoms with E-state index in [-0.39, 0.29) is 25.0 Å². The Kier molecular flexibility index (Phi) is 8.67. The molecule has 210 valence electrons. The molecule has 3 saturated heterocycles. The van der Waals surface area contributed by atoms with Gasteiger partial charge in [-0.05, 0) is 77.6 Å². The molecule has 1 aromatic rings. The molecular formula is C29H43N3O6. The van der Waals surface area contributed by atoms with Gasteiger partial charge in [0.15, 0.2) is 0 Å². The monoisotopic (exact) mass is 529 g/mol. The molecule has 1 spiro atoms. The number of ether oxygens (including phenoxy) is 2. The SMILES string of the molecule is CCOC(=O)[C@H]1[C@H]2C(=O)N(CCCCCCO)C(C(=O)Nc3ccc(N(CC)CC)cc3)C23CC[C@]1(C)O3. The van der Waals surface area contributed by atoms with Crippen LogP contribution in [0, 0.1) is 11.8 Å². The molecule has 4 rings (SSSR count). The van der Waals surface area contributed by atoms with Gasteiger partial charge in [0, 0.05) is 37.6 Å². The van der Waals surface area contributed by atoms with E-state index in [9.17, 15) is 14.4 Å². The maximum atomic E-state index is 13.9. The normalized spacial score (nSPS) is 29.4. The molecule has 9 heteroatoms. The van der Waals surface area contributed by atoms with Gasteiger partial charge in [0.25, 0.3) is 0 Å². The van der Waals surface area contributed by atoms with Crippen molar-refractivity contribution in [2.24, 2.45) is 11.8 Å². The van der Waals surface area contributed by atoms with Crippen LogP contribution in [0.25, 0.3) is 0 Å². The van der Waals surface area contributed by atoms with Crippen molar-refractivity contribution in [3.05, 3.63) is 24.3 Å². The number of amides is 2. The minimum Gasteiger partial charge on any atom is -0.466 e. The Bertz CT molecular complexity index is 1010. The number of aliphatic hydroxyl groups excluding tert-OH is 1. The minimum absolute atomic E-state index is 0.138. The number of nitrogens with one attached hydrogen (secondary N) is 1. The average molecular weight is 530 g/mol. The van der Waals surface area contributed by atoms with Crippen LogP contribution in [-0.2, 0) is 23.9 Å². The maximum absolute atomic E-state index is 13.9. The van der Waals surface area contributed by atoms with Crippen molar-refractivity contribution in [1.29, 1.82) is 0 Å². The summed E-state index contributed by atoms with van der Waals surface area (Å²) in [5, 5.41) is 12.1. The van der Waals surface area contributed by atoms with Crippen LogP contribution in [0.3, 0.4) is 0 Å². The highest BCUT2D eigenvalue weighted by Crippen LogP contribution is 2.63. The molecule has 2 bridgehead atoms. The highest BCUT2D eigenvalue weighted by molar-refractivity contribution is 6.03. The number of fused-ring (bicyclic) bond motifs is 1. The lowest BCUT2D eigenvalue weighted by Crippen LogP contribution is -2.53. The van der Waals surface area contributed by atoms with Crippen LogP contribution in [-0.4, -0.2) is 77.9 Å². The second kappa shape index (κ2) is 11.6. The van der Waals surface area contributed by atoms with Crippen molar-refractivity contribution in [2.45, 2.75) is 83.5 Å². The zero-order valence-electron chi connectivity index (χ0n) is 23.2. The van der Waals surface area contributed by atoms with E-state index in [1.165, 1.54) is 0 Å². The van der Waals surface area contributed by atoms with E-state index >= 15 is 0 Å². The summed E-state index contributed by atoms with van der Waals surface area (Å²) in [7, 11) is 0. The zero-order chi connectivity index (χ0) is 27.5. The van der Waals surface area contributed by atoms with E-state index in [0.717, 1.165) is 31.6 Å². The van der Waals surface area contributed by atoms with Gasteiger partial charge < -0.3 is 29.7 Å². The van der Waals surface area contributed by atoms with Crippen LogP contribution in [0.4, 0.5) is 11.4 Å². The van der Waals surface area contributed by atoms with Crippen molar-refractivity contribution in [2.75, 3.05) is 43.1 Å². The molecule has 5 atom stereocenters. The molecule has 0 radical (unpaired) electrons. The topological polar surface area (TPSA) is 108 Å². The van der Waals surface area contributed by atoms with Crippen LogP contribution in [0.1, 0.15) is 66.2 Å². The Morgan fingerprint density at radius 3 is 2.42 bits per heavy atom. The predicted octanol–water partition coefficient (Wildman–Crippen LogP) is 3.35. The van der Waals surface area contributed by atoms with Gasteiger partial charge in [-0.2, -0.15) is 0 Å². The molecule has 3 heterocycles. The number of nitrogens with zero attached hydrogens (tertiary/aromatic N) is 2. The molecule has 38 heavy (non-hydrogen) atoms. The lowest BCUT2D eigenvalue weighted by atomic mass is 9.66. The summed E-state index contributed by atoms with van der Waals surface area (Å²) in [6.07, 6.45) is 4.23. The van der Waals surface area contributed by atoms with Gasteiger partial charge in [0.05, 0.1) is 18.1 Å². The first-order valence-corrected chi connectivity index (χ1v) is 14.2.